The first kappa shape index (κ1) is 17.0. The van der Waals surface area contributed by atoms with E-state index in [0.717, 1.165) is 6.42 Å². The molecule has 0 saturated heterocycles. The highest BCUT2D eigenvalue weighted by molar-refractivity contribution is 5.69. The Kier molecular flexibility index (Phi) is 4.76. The quantitative estimate of drug-likeness (QED) is 0.785. The lowest BCUT2D eigenvalue weighted by Crippen LogP contribution is -2.40. The summed E-state index contributed by atoms with van der Waals surface area (Å²) in [5, 5.41) is 9.83. The minimum absolute atomic E-state index is 0.205. The van der Waals surface area contributed by atoms with Crippen molar-refractivity contribution in [2.24, 2.45) is 7.05 Å². The fourth-order valence-corrected chi connectivity index (χ4v) is 2.58. The van der Waals surface area contributed by atoms with E-state index in [2.05, 4.69) is 10.9 Å². The fraction of sp³-hybridized carbons (Fsp3) is 0.562. The molecule has 0 aliphatic heterocycles. The summed E-state index contributed by atoms with van der Waals surface area (Å²) in [6.07, 6.45) is 8.42. The number of imidazole rings is 1. The molecule has 124 valence electrons. The third-order valence-corrected chi connectivity index (χ3v) is 3.92. The Morgan fingerprint density at radius 2 is 2.09 bits per heavy atom. The third kappa shape index (κ3) is 3.22. The molecule has 2 rings (SSSR count). The van der Waals surface area contributed by atoms with E-state index in [1.165, 1.54) is 16.1 Å². The van der Waals surface area contributed by atoms with Gasteiger partial charge in [-0.3, -0.25) is 13.9 Å². The van der Waals surface area contributed by atoms with Crippen LogP contribution in [0, 0.1) is 12.3 Å². The maximum atomic E-state index is 12.7. The van der Waals surface area contributed by atoms with Gasteiger partial charge in [-0.05, 0) is 26.2 Å². The van der Waals surface area contributed by atoms with E-state index in [9.17, 15) is 14.7 Å². The van der Waals surface area contributed by atoms with Crippen LogP contribution in [0.5, 0.6) is 0 Å². The molecule has 0 aliphatic rings. The second kappa shape index (κ2) is 6.42. The molecule has 2 heterocycles. The molecule has 1 unspecified atom stereocenters. The molecule has 23 heavy (non-hydrogen) atoms. The molecule has 0 fully saturated rings. The van der Waals surface area contributed by atoms with Crippen LogP contribution in [-0.4, -0.2) is 29.4 Å². The van der Waals surface area contributed by atoms with Crippen molar-refractivity contribution in [3.63, 3.8) is 0 Å². The predicted molar refractivity (Wildman–Crippen MR) is 88.2 cm³/mol. The lowest BCUT2D eigenvalue weighted by atomic mass is 10.0. The fourth-order valence-electron chi connectivity index (χ4n) is 2.58. The van der Waals surface area contributed by atoms with Crippen molar-refractivity contribution in [2.75, 3.05) is 0 Å². The van der Waals surface area contributed by atoms with Gasteiger partial charge in [-0.15, -0.1) is 6.42 Å². The number of terminal acetylenes is 1. The normalized spacial score (nSPS) is 13.9. The second-order valence-electron chi connectivity index (χ2n) is 5.93. The first-order chi connectivity index (χ1) is 10.8. The Morgan fingerprint density at radius 3 is 2.70 bits per heavy atom. The van der Waals surface area contributed by atoms with Gasteiger partial charge in [0, 0.05) is 20.1 Å². The Morgan fingerprint density at radius 1 is 1.39 bits per heavy atom. The molecule has 0 radical (unpaired) electrons. The van der Waals surface area contributed by atoms with E-state index in [0.29, 0.717) is 30.6 Å². The van der Waals surface area contributed by atoms with Gasteiger partial charge in [0.15, 0.2) is 11.2 Å². The van der Waals surface area contributed by atoms with E-state index in [4.69, 9.17) is 6.42 Å². The van der Waals surface area contributed by atoms with E-state index in [1.54, 1.807) is 17.9 Å². The number of aliphatic hydroxyl groups is 1. The van der Waals surface area contributed by atoms with Crippen molar-refractivity contribution in [3.05, 3.63) is 27.2 Å². The van der Waals surface area contributed by atoms with Gasteiger partial charge in [-0.2, -0.15) is 0 Å². The van der Waals surface area contributed by atoms with Crippen molar-refractivity contribution in [3.8, 4) is 12.3 Å². The van der Waals surface area contributed by atoms with Gasteiger partial charge in [0.1, 0.15) is 5.60 Å². The average molecular weight is 318 g/mol. The number of hydrogen-bond acceptors (Lipinski definition) is 4. The van der Waals surface area contributed by atoms with Crippen molar-refractivity contribution in [1.29, 1.82) is 0 Å². The van der Waals surface area contributed by atoms with Gasteiger partial charge in [0.05, 0.1) is 6.33 Å². The summed E-state index contributed by atoms with van der Waals surface area (Å²) in [5.41, 5.74) is -1.18. The van der Waals surface area contributed by atoms with Gasteiger partial charge >= 0.3 is 5.69 Å². The topological polar surface area (TPSA) is 82.1 Å². The Balaban J connectivity index is 2.44. The zero-order valence-corrected chi connectivity index (χ0v) is 13.7. The zero-order chi connectivity index (χ0) is 17.2. The SMILES string of the molecule is C#CC(C)(O)CCCn1c(=O)c2c(ncn2CCC)n(C)c1=O. The van der Waals surface area contributed by atoms with Crippen LogP contribution in [0.2, 0.25) is 0 Å². The number of nitrogens with zero attached hydrogens (tertiary/aromatic N) is 4. The molecule has 2 aromatic rings. The van der Waals surface area contributed by atoms with Crippen LogP contribution in [0.4, 0.5) is 0 Å². The monoisotopic (exact) mass is 318 g/mol. The van der Waals surface area contributed by atoms with Gasteiger partial charge in [0.2, 0.25) is 0 Å². The summed E-state index contributed by atoms with van der Waals surface area (Å²) in [4.78, 5) is 29.2. The van der Waals surface area contributed by atoms with Crippen LogP contribution in [0.25, 0.3) is 11.2 Å². The molecule has 2 aromatic heterocycles. The van der Waals surface area contributed by atoms with E-state index >= 15 is 0 Å². The second-order valence-corrected chi connectivity index (χ2v) is 5.93. The maximum Gasteiger partial charge on any atom is 0.332 e. The standard InChI is InChI=1S/C16H22N4O3/c1-5-9-19-11-17-13-12(19)14(21)20(15(22)18(13)4)10-7-8-16(3,23)6-2/h2,11,23H,5,7-10H2,1,3-4H3. The van der Waals surface area contributed by atoms with Crippen LogP contribution < -0.4 is 11.2 Å². The molecule has 0 aromatic carbocycles. The van der Waals surface area contributed by atoms with Crippen LogP contribution in [0.3, 0.4) is 0 Å². The van der Waals surface area contributed by atoms with E-state index in [1.807, 2.05) is 6.92 Å². The van der Waals surface area contributed by atoms with Crippen LogP contribution in [0.1, 0.15) is 33.1 Å². The predicted octanol–water partition coefficient (Wildman–Crippen LogP) is 0.471. The van der Waals surface area contributed by atoms with Gasteiger partial charge < -0.3 is 9.67 Å². The summed E-state index contributed by atoms with van der Waals surface area (Å²) < 4.78 is 4.33. The lowest BCUT2D eigenvalue weighted by Gasteiger charge is -2.16. The van der Waals surface area contributed by atoms with Gasteiger partial charge in [0.25, 0.3) is 5.56 Å². The largest absolute Gasteiger partial charge is 0.378 e. The van der Waals surface area contributed by atoms with Crippen LogP contribution >= 0.6 is 0 Å². The number of rotatable bonds is 6. The first-order valence-corrected chi connectivity index (χ1v) is 7.67. The molecular weight excluding hydrogens is 296 g/mol. The summed E-state index contributed by atoms with van der Waals surface area (Å²) in [5.74, 6) is 2.29. The molecule has 7 nitrogen and oxygen atoms in total. The zero-order valence-electron chi connectivity index (χ0n) is 13.7. The lowest BCUT2D eigenvalue weighted by molar-refractivity contribution is 0.108. The molecule has 0 bridgehead atoms. The number of fused-ring (bicyclic) bond motifs is 1. The van der Waals surface area contributed by atoms with Crippen molar-refractivity contribution in [2.45, 2.75) is 51.8 Å². The molecule has 0 amide bonds. The highest BCUT2D eigenvalue weighted by Gasteiger charge is 2.18. The molecule has 7 heteroatoms. The smallest absolute Gasteiger partial charge is 0.332 e. The molecule has 0 saturated carbocycles. The van der Waals surface area contributed by atoms with E-state index in [-0.39, 0.29) is 12.1 Å². The highest BCUT2D eigenvalue weighted by Crippen LogP contribution is 2.11. The van der Waals surface area contributed by atoms with Crippen molar-refractivity contribution < 1.29 is 5.11 Å². The molecular formula is C16H22N4O3. The Labute approximate surface area is 134 Å². The number of aromatic nitrogens is 4. The molecule has 0 spiro atoms. The highest BCUT2D eigenvalue weighted by atomic mass is 16.3. The number of hydrogen-bond donors (Lipinski definition) is 1. The van der Waals surface area contributed by atoms with Crippen molar-refractivity contribution in [1.82, 2.24) is 18.7 Å². The molecule has 1 N–H and O–H groups in total. The van der Waals surface area contributed by atoms with Crippen LogP contribution in [-0.2, 0) is 20.1 Å². The summed E-state index contributed by atoms with van der Waals surface area (Å²) in [6.45, 7) is 4.41. The molecule has 0 aliphatic carbocycles. The third-order valence-electron chi connectivity index (χ3n) is 3.92. The van der Waals surface area contributed by atoms with Gasteiger partial charge in [-0.1, -0.05) is 12.8 Å². The Hall–Kier alpha value is -2.33. The minimum Gasteiger partial charge on any atom is -0.378 e. The molecule has 1 atom stereocenters. The number of aryl methyl sites for hydroxylation is 2. The first-order valence-electron chi connectivity index (χ1n) is 7.67. The van der Waals surface area contributed by atoms with Crippen LogP contribution in [0.15, 0.2) is 15.9 Å². The summed E-state index contributed by atoms with van der Waals surface area (Å²) >= 11 is 0. The van der Waals surface area contributed by atoms with Crippen molar-refractivity contribution >= 4 is 11.2 Å². The van der Waals surface area contributed by atoms with E-state index < -0.39 is 11.3 Å². The maximum absolute atomic E-state index is 12.7. The summed E-state index contributed by atoms with van der Waals surface area (Å²) in [6, 6.07) is 0. The summed E-state index contributed by atoms with van der Waals surface area (Å²) in [7, 11) is 1.60. The Bertz CT molecular complexity index is 864. The average Bonchev–Trinajstić information content (AvgIpc) is 2.93. The minimum atomic E-state index is -1.23. The van der Waals surface area contributed by atoms with Gasteiger partial charge in [-0.25, -0.2) is 9.78 Å².